The molecule has 1 aliphatic rings. The van der Waals surface area contributed by atoms with E-state index in [9.17, 15) is 0 Å². The second-order valence-electron chi connectivity index (χ2n) is 15.4. The van der Waals surface area contributed by atoms with E-state index < -0.39 is 0 Å². The van der Waals surface area contributed by atoms with E-state index in [1.165, 1.54) is 86.2 Å². The standard InChI is InChI=1S/C53H37NS/c1-53(2)48-13-7-5-11-45(48)47-33-43(27-29-49(47)53)54(41-23-17-35(18-24-41)38-16-15-34-9-3-4-10-37(34)31-38)42-25-19-36(20-26-42)39-21-28-44-40(32-39)22-30-51-52(44)46-12-6-8-14-50(46)55-51/h3-33H,1-2H3. The number of nitrogens with zero attached hydrogens (tertiary/aromatic N) is 1. The number of hydrogen-bond acceptors (Lipinski definition) is 2. The maximum absolute atomic E-state index is 2.40. The fourth-order valence-corrected chi connectivity index (χ4v) is 10.1. The van der Waals surface area contributed by atoms with E-state index >= 15 is 0 Å². The van der Waals surface area contributed by atoms with Crippen molar-refractivity contribution >= 4 is 70.1 Å². The Labute approximate surface area is 325 Å². The largest absolute Gasteiger partial charge is 0.310 e. The number of rotatable bonds is 5. The fourth-order valence-electron chi connectivity index (χ4n) is 9.00. The molecule has 10 aromatic rings. The Morgan fingerprint density at radius 3 is 1.75 bits per heavy atom. The van der Waals surface area contributed by atoms with Gasteiger partial charge in [-0.2, -0.15) is 0 Å². The highest BCUT2D eigenvalue weighted by Crippen LogP contribution is 2.51. The zero-order chi connectivity index (χ0) is 36.7. The zero-order valence-electron chi connectivity index (χ0n) is 30.8. The molecular weight excluding hydrogens is 683 g/mol. The van der Waals surface area contributed by atoms with Crippen LogP contribution in [-0.4, -0.2) is 0 Å². The molecule has 1 aromatic heterocycles. The Hall–Kier alpha value is -6.48. The third kappa shape index (κ3) is 5.13. The summed E-state index contributed by atoms with van der Waals surface area (Å²) in [5.74, 6) is 0. The van der Waals surface area contributed by atoms with Crippen molar-refractivity contribution in [1.82, 2.24) is 0 Å². The summed E-state index contributed by atoms with van der Waals surface area (Å²) in [6, 6.07) is 69.7. The summed E-state index contributed by atoms with van der Waals surface area (Å²) in [6.07, 6.45) is 0. The highest BCUT2D eigenvalue weighted by atomic mass is 32.1. The molecule has 0 amide bonds. The van der Waals surface area contributed by atoms with Crippen LogP contribution in [0.25, 0.3) is 75.1 Å². The van der Waals surface area contributed by atoms with Gasteiger partial charge in [0.05, 0.1) is 0 Å². The average molecular weight is 720 g/mol. The molecule has 0 saturated carbocycles. The Morgan fingerprint density at radius 2 is 0.964 bits per heavy atom. The van der Waals surface area contributed by atoms with Crippen LogP contribution in [0.2, 0.25) is 0 Å². The van der Waals surface area contributed by atoms with Crippen LogP contribution in [0.4, 0.5) is 17.1 Å². The van der Waals surface area contributed by atoms with Crippen molar-refractivity contribution in [2.45, 2.75) is 19.3 Å². The van der Waals surface area contributed by atoms with Gasteiger partial charge in [-0.3, -0.25) is 0 Å². The van der Waals surface area contributed by atoms with E-state index in [1.807, 2.05) is 11.3 Å². The maximum atomic E-state index is 2.40. The first kappa shape index (κ1) is 32.0. The van der Waals surface area contributed by atoms with Crippen molar-refractivity contribution in [1.29, 1.82) is 0 Å². The van der Waals surface area contributed by atoms with E-state index in [0.717, 1.165) is 17.1 Å². The first-order valence-corrected chi connectivity index (χ1v) is 19.9. The SMILES string of the molecule is CC1(C)c2ccccc2-c2cc(N(c3ccc(-c4ccc5ccccc5c4)cc3)c3ccc(-c4ccc5c(ccc6sc7ccccc7c65)c4)cc3)ccc21. The van der Waals surface area contributed by atoms with Gasteiger partial charge in [-0.1, -0.05) is 141 Å². The summed E-state index contributed by atoms with van der Waals surface area (Å²) in [7, 11) is 0. The minimum absolute atomic E-state index is 0.0411. The van der Waals surface area contributed by atoms with E-state index in [0.29, 0.717) is 0 Å². The molecule has 11 rings (SSSR count). The molecule has 260 valence electrons. The minimum Gasteiger partial charge on any atom is -0.310 e. The van der Waals surface area contributed by atoms with E-state index in [1.54, 1.807) is 0 Å². The monoisotopic (exact) mass is 719 g/mol. The molecule has 0 saturated heterocycles. The first-order chi connectivity index (χ1) is 27.0. The van der Waals surface area contributed by atoms with Gasteiger partial charge >= 0.3 is 0 Å². The number of fused-ring (bicyclic) bond motifs is 9. The van der Waals surface area contributed by atoms with Gasteiger partial charge < -0.3 is 4.90 Å². The molecule has 0 radical (unpaired) electrons. The van der Waals surface area contributed by atoms with Crippen LogP contribution in [0.3, 0.4) is 0 Å². The lowest BCUT2D eigenvalue weighted by molar-refractivity contribution is 0.660. The molecule has 0 N–H and O–H groups in total. The van der Waals surface area contributed by atoms with Crippen LogP contribution in [0, 0.1) is 0 Å². The Balaban J connectivity index is 1.00. The summed E-state index contributed by atoms with van der Waals surface area (Å²) in [4.78, 5) is 2.40. The molecule has 0 fully saturated rings. The predicted molar refractivity (Wildman–Crippen MR) is 237 cm³/mol. The zero-order valence-corrected chi connectivity index (χ0v) is 31.6. The van der Waals surface area contributed by atoms with Gasteiger partial charge in [0, 0.05) is 42.6 Å². The molecular formula is C53H37NS. The van der Waals surface area contributed by atoms with E-state index in [-0.39, 0.29) is 5.41 Å². The number of thiophene rings is 1. The lowest BCUT2D eigenvalue weighted by Gasteiger charge is -2.27. The summed E-state index contributed by atoms with van der Waals surface area (Å²) >= 11 is 1.88. The smallest absolute Gasteiger partial charge is 0.0468 e. The van der Waals surface area contributed by atoms with Gasteiger partial charge in [-0.05, 0) is 127 Å². The van der Waals surface area contributed by atoms with Crippen molar-refractivity contribution < 1.29 is 0 Å². The molecule has 1 heterocycles. The predicted octanol–water partition coefficient (Wildman–Crippen LogP) is 15.5. The molecule has 1 nitrogen and oxygen atoms in total. The van der Waals surface area contributed by atoms with Gasteiger partial charge in [-0.15, -0.1) is 11.3 Å². The quantitative estimate of drug-likeness (QED) is 0.171. The number of anilines is 3. The molecule has 0 aliphatic heterocycles. The van der Waals surface area contributed by atoms with Gasteiger partial charge in [-0.25, -0.2) is 0 Å². The molecule has 0 spiro atoms. The van der Waals surface area contributed by atoms with Crippen LogP contribution in [0.1, 0.15) is 25.0 Å². The molecule has 0 atom stereocenters. The summed E-state index contributed by atoms with van der Waals surface area (Å²) in [6.45, 7) is 4.69. The van der Waals surface area contributed by atoms with Crippen LogP contribution in [-0.2, 0) is 5.41 Å². The first-order valence-electron chi connectivity index (χ1n) is 19.1. The lowest BCUT2D eigenvalue weighted by atomic mass is 9.82. The van der Waals surface area contributed by atoms with E-state index in [4.69, 9.17) is 0 Å². The molecule has 9 aromatic carbocycles. The van der Waals surface area contributed by atoms with Crippen molar-refractivity contribution in [3.63, 3.8) is 0 Å². The van der Waals surface area contributed by atoms with Gasteiger partial charge in [0.2, 0.25) is 0 Å². The van der Waals surface area contributed by atoms with Crippen molar-refractivity contribution in [3.8, 4) is 33.4 Å². The third-order valence-electron chi connectivity index (χ3n) is 11.9. The van der Waals surface area contributed by atoms with Crippen molar-refractivity contribution in [2.24, 2.45) is 0 Å². The Morgan fingerprint density at radius 1 is 0.382 bits per heavy atom. The van der Waals surface area contributed by atoms with Gasteiger partial charge in [0.25, 0.3) is 0 Å². The van der Waals surface area contributed by atoms with Crippen molar-refractivity contribution in [2.75, 3.05) is 4.90 Å². The summed E-state index contributed by atoms with van der Waals surface area (Å²) in [5, 5.41) is 7.81. The van der Waals surface area contributed by atoms with E-state index in [2.05, 4.69) is 207 Å². The summed E-state index contributed by atoms with van der Waals surface area (Å²) < 4.78 is 2.68. The highest BCUT2D eigenvalue weighted by Gasteiger charge is 2.35. The second kappa shape index (κ2) is 12.3. The molecule has 0 unspecified atom stereocenters. The topological polar surface area (TPSA) is 3.24 Å². The second-order valence-corrected chi connectivity index (χ2v) is 16.4. The Bertz CT molecular complexity index is 3110. The van der Waals surface area contributed by atoms with Gasteiger partial charge in [0.1, 0.15) is 0 Å². The molecule has 0 bridgehead atoms. The minimum atomic E-state index is -0.0411. The average Bonchev–Trinajstić information content (AvgIpc) is 3.73. The van der Waals surface area contributed by atoms with Gasteiger partial charge in [0.15, 0.2) is 0 Å². The molecule has 2 heteroatoms. The van der Waals surface area contributed by atoms with Crippen LogP contribution >= 0.6 is 11.3 Å². The summed E-state index contributed by atoms with van der Waals surface area (Å²) in [5.41, 5.74) is 13.6. The number of hydrogen-bond donors (Lipinski definition) is 0. The normalized spacial score (nSPS) is 13.1. The fraction of sp³-hybridized carbons (Fsp3) is 0.0566. The molecule has 55 heavy (non-hydrogen) atoms. The molecule has 1 aliphatic carbocycles. The lowest BCUT2D eigenvalue weighted by Crippen LogP contribution is -2.15. The van der Waals surface area contributed by atoms with Crippen LogP contribution in [0.15, 0.2) is 188 Å². The maximum Gasteiger partial charge on any atom is 0.0468 e. The van der Waals surface area contributed by atoms with Crippen molar-refractivity contribution in [3.05, 3.63) is 199 Å². The highest BCUT2D eigenvalue weighted by molar-refractivity contribution is 7.26. The number of benzene rings is 9. The third-order valence-corrected chi connectivity index (χ3v) is 13.0. The Kier molecular flexibility index (Phi) is 7.14. The van der Waals surface area contributed by atoms with Crippen LogP contribution < -0.4 is 4.90 Å². The van der Waals surface area contributed by atoms with Crippen LogP contribution in [0.5, 0.6) is 0 Å².